The van der Waals surface area contributed by atoms with Gasteiger partial charge in [-0.15, -0.1) is 0 Å². The molecule has 3 aromatic carbocycles. The molecule has 0 saturated heterocycles. The lowest BCUT2D eigenvalue weighted by molar-refractivity contribution is 0.0555. The van der Waals surface area contributed by atoms with E-state index in [0.717, 1.165) is 5.56 Å². The van der Waals surface area contributed by atoms with Gasteiger partial charge in [0.05, 0.1) is 41.3 Å². The summed E-state index contributed by atoms with van der Waals surface area (Å²) in [7, 11) is -1.61. The Labute approximate surface area is 178 Å². The zero-order valence-corrected chi connectivity index (χ0v) is 17.9. The van der Waals surface area contributed by atoms with Crippen LogP contribution in [-0.4, -0.2) is 38.5 Å². The van der Waals surface area contributed by atoms with Gasteiger partial charge in [0.25, 0.3) is 10.0 Å². The number of ether oxygens (including phenoxy) is 2. The van der Waals surface area contributed by atoms with Gasteiger partial charge in [0, 0.05) is 10.8 Å². The van der Waals surface area contributed by atoms with Crippen molar-refractivity contribution in [1.82, 2.24) is 3.97 Å². The number of aryl methyl sites for hydroxylation is 1. The van der Waals surface area contributed by atoms with Crippen molar-refractivity contribution in [1.29, 1.82) is 0 Å². The largest absolute Gasteiger partial charge is 0.465 e. The first-order valence-corrected chi connectivity index (χ1v) is 10.8. The van der Waals surface area contributed by atoms with Gasteiger partial charge in [-0.2, -0.15) is 0 Å². The summed E-state index contributed by atoms with van der Waals surface area (Å²) in [5, 5.41) is 1.12. The maximum Gasteiger partial charge on any atom is 0.338 e. The zero-order chi connectivity index (χ0) is 22.3. The molecule has 0 N–H and O–H groups in total. The molecule has 7 nitrogen and oxygen atoms in total. The van der Waals surface area contributed by atoms with Crippen LogP contribution in [0.4, 0.5) is 0 Å². The molecule has 1 heterocycles. The second-order valence-electron chi connectivity index (χ2n) is 7.00. The first-order chi connectivity index (χ1) is 14.8. The summed E-state index contributed by atoms with van der Waals surface area (Å²) < 4.78 is 38.0. The predicted octanol–water partition coefficient (Wildman–Crippen LogP) is 3.91. The molecular weight excluding hydrogens is 418 g/mol. The average Bonchev–Trinajstić information content (AvgIpc) is 3.11. The van der Waals surface area contributed by atoms with Crippen molar-refractivity contribution in [3.8, 4) is 0 Å². The van der Waals surface area contributed by atoms with Gasteiger partial charge in [0.2, 0.25) is 0 Å². The molecule has 0 aliphatic carbocycles. The highest BCUT2D eigenvalue weighted by molar-refractivity contribution is 7.90. The second kappa shape index (κ2) is 7.55. The Morgan fingerprint density at radius 3 is 1.97 bits per heavy atom. The Kier molecular flexibility index (Phi) is 5.02. The van der Waals surface area contributed by atoms with Crippen molar-refractivity contribution in [2.24, 2.45) is 0 Å². The number of carbonyl (C=O) groups excluding carboxylic acids is 2. The molecule has 158 valence electrons. The number of carbonyl (C=O) groups is 2. The molecule has 4 rings (SSSR count). The van der Waals surface area contributed by atoms with Gasteiger partial charge in [-0.3, -0.25) is 0 Å². The van der Waals surface area contributed by atoms with Crippen LogP contribution in [0.25, 0.3) is 21.8 Å². The third-order valence-corrected chi connectivity index (χ3v) is 6.88. The molecule has 1 aromatic heterocycles. The van der Waals surface area contributed by atoms with E-state index in [0.29, 0.717) is 16.3 Å². The van der Waals surface area contributed by atoms with E-state index in [4.69, 9.17) is 9.47 Å². The van der Waals surface area contributed by atoms with E-state index in [2.05, 4.69) is 0 Å². The van der Waals surface area contributed by atoms with Crippen molar-refractivity contribution >= 4 is 43.8 Å². The van der Waals surface area contributed by atoms with E-state index in [1.54, 1.807) is 36.4 Å². The number of nitrogens with zero attached hydrogens (tertiary/aromatic N) is 1. The number of hydrogen-bond donors (Lipinski definition) is 0. The fraction of sp³-hybridized carbons (Fsp3) is 0.130. The number of fused-ring (bicyclic) bond motifs is 3. The van der Waals surface area contributed by atoms with E-state index >= 15 is 0 Å². The summed E-state index contributed by atoms with van der Waals surface area (Å²) in [6.45, 7) is 1.87. The molecule has 0 aliphatic heterocycles. The fourth-order valence-corrected chi connectivity index (χ4v) is 5.13. The van der Waals surface area contributed by atoms with Crippen LogP contribution < -0.4 is 0 Å². The van der Waals surface area contributed by atoms with Crippen molar-refractivity contribution in [2.45, 2.75) is 11.8 Å². The first-order valence-electron chi connectivity index (χ1n) is 9.35. The number of benzene rings is 3. The third kappa shape index (κ3) is 3.25. The molecular formula is C23H19NO6S. The lowest BCUT2D eigenvalue weighted by Gasteiger charge is -2.11. The van der Waals surface area contributed by atoms with Crippen LogP contribution in [0, 0.1) is 6.92 Å². The molecule has 4 aromatic rings. The van der Waals surface area contributed by atoms with Crippen LogP contribution in [0.3, 0.4) is 0 Å². The van der Waals surface area contributed by atoms with Crippen LogP contribution in [0.15, 0.2) is 65.6 Å². The second-order valence-corrected chi connectivity index (χ2v) is 8.78. The summed E-state index contributed by atoms with van der Waals surface area (Å²) in [6, 6.07) is 16.3. The minimum Gasteiger partial charge on any atom is -0.465 e. The van der Waals surface area contributed by atoms with Gasteiger partial charge >= 0.3 is 11.9 Å². The highest BCUT2D eigenvalue weighted by Gasteiger charge is 2.27. The van der Waals surface area contributed by atoms with Crippen molar-refractivity contribution in [3.63, 3.8) is 0 Å². The molecule has 31 heavy (non-hydrogen) atoms. The Hall–Kier alpha value is -3.65. The van der Waals surface area contributed by atoms with Gasteiger partial charge in [-0.1, -0.05) is 35.9 Å². The van der Waals surface area contributed by atoms with Crippen LogP contribution in [0.5, 0.6) is 0 Å². The summed E-state index contributed by atoms with van der Waals surface area (Å²) >= 11 is 0. The Balaban J connectivity index is 2.15. The number of methoxy groups -OCH3 is 2. The highest BCUT2D eigenvalue weighted by atomic mass is 32.2. The molecule has 0 amide bonds. The van der Waals surface area contributed by atoms with Crippen LogP contribution in [0.1, 0.15) is 26.3 Å². The first kappa shape index (κ1) is 20.6. The van der Waals surface area contributed by atoms with Gasteiger partial charge in [-0.25, -0.2) is 22.0 Å². The van der Waals surface area contributed by atoms with E-state index < -0.39 is 22.0 Å². The summed E-state index contributed by atoms with van der Waals surface area (Å²) in [5.41, 5.74) is 1.53. The van der Waals surface area contributed by atoms with E-state index in [-0.39, 0.29) is 21.5 Å². The molecule has 0 spiro atoms. The number of para-hydroxylation sites is 1. The molecule has 0 saturated carbocycles. The molecule has 0 aliphatic rings. The number of esters is 2. The quantitative estimate of drug-likeness (QED) is 0.450. The maximum atomic E-state index is 13.6. The highest BCUT2D eigenvalue weighted by Crippen LogP contribution is 2.34. The Morgan fingerprint density at radius 1 is 0.774 bits per heavy atom. The average molecular weight is 437 g/mol. The van der Waals surface area contributed by atoms with E-state index in [1.165, 1.54) is 42.5 Å². The molecule has 0 unspecified atom stereocenters. The minimum absolute atomic E-state index is 0.00233. The van der Waals surface area contributed by atoms with Crippen molar-refractivity contribution in [3.05, 3.63) is 77.4 Å². The Morgan fingerprint density at radius 2 is 1.35 bits per heavy atom. The molecule has 0 bridgehead atoms. The molecule has 0 atom stereocenters. The SMILES string of the molecule is COC(=O)c1cc2c3ccccc3n(S(=O)(=O)c3ccc(C)cc3)c2cc1C(=O)OC. The van der Waals surface area contributed by atoms with E-state index in [1.807, 2.05) is 6.92 Å². The third-order valence-electron chi connectivity index (χ3n) is 5.14. The minimum atomic E-state index is -4.01. The predicted molar refractivity (Wildman–Crippen MR) is 116 cm³/mol. The number of aromatic nitrogens is 1. The normalized spacial score (nSPS) is 11.6. The zero-order valence-electron chi connectivity index (χ0n) is 17.1. The smallest absolute Gasteiger partial charge is 0.338 e. The van der Waals surface area contributed by atoms with Gasteiger partial charge in [0.15, 0.2) is 0 Å². The lowest BCUT2D eigenvalue weighted by atomic mass is 10.0. The van der Waals surface area contributed by atoms with Crippen molar-refractivity contribution < 1.29 is 27.5 Å². The molecule has 0 fully saturated rings. The lowest BCUT2D eigenvalue weighted by Crippen LogP contribution is -2.15. The number of hydrogen-bond acceptors (Lipinski definition) is 6. The maximum absolute atomic E-state index is 13.6. The summed E-state index contributed by atoms with van der Waals surface area (Å²) in [6.07, 6.45) is 0. The standard InChI is InChI=1S/C23H19NO6S/c1-14-8-10-15(11-9-14)31(27,28)24-20-7-5-4-6-16(20)17-12-18(22(25)29-2)19(13-21(17)24)23(26)30-3/h4-13H,1-3H3. The van der Waals surface area contributed by atoms with Gasteiger partial charge < -0.3 is 9.47 Å². The summed E-state index contributed by atoms with van der Waals surface area (Å²) in [4.78, 5) is 24.8. The summed E-state index contributed by atoms with van der Waals surface area (Å²) in [5.74, 6) is -1.49. The Bertz CT molecular complexity index is 1450. The topological polar surface area (TPSA) is 91.7 Å². The molecule has 8 heteroatoms. The fourth-order valence-electron chi connectivity index (χ4n) is 3.61. The van der Waals surface area contributed by atoms with Crippen LogP contribution in [-0.2, 0) is 19.5 Å². The molecule has 0 radical (unpaired) electrons. The number of rotatable bonds is 4. The van der Waals surface area contributed by atoms with Crippen LogP contribution >= 0.6 is 0 Å². The van der Waals surface area contributed by atoms with Gasteiger partial charge in [-0.05, 0) is 37.3 Å². The monoisotopic (exact) mass is 437 g/mol. The van der Waals surface area contributed by atoms with Crippen molar-refractivity contribution in [2.75, 3.05) is 14.2 Å². The van der Waals surface area contributed by atoms with Gasteiger partial charge in [0.1, 0.15) is 0 Å². The van der Waals surface area contributed by atoms with E-state index in [9.17, 15) is 18.0 Å². The van der Waals surface area contributed by atoms with Crippen LogP contribution in [0.2, 0.25) is 0 Å².